The summed E-state index contributed by atoms with van der Waals surface area (Å²) in [5, 5.41) is 9.39. The van der Waals surface area contributed by atoms with Gasteiger partial charge in [-0.1, -0.05) is 18.2 Å². The molecule has 2 heterocycles. The van der Waals surface area contributed by atoms with Crippen LogP contribution in [0.2, 0.25) is 0 Å². The lowest BCUT2D eigenvalue weighted by Crippen LogP contribution is -2.27. The van der Waals surface area contributed by atoms with E-state index in [0.717, 1.165) is 22.4 Å². The third-order valence-electron chi connectivity index (χ3n) is 3.40. The molecule has 3 nitrogen and oxygen atoms in total. The average Bonchev–Trinajstić information content (AvgIpc) is 2.46. The van der Waals surface area contributed by atoms with Crippen LogP contribution in [-0.4, -0.2) is 15.7 Å². The van der Waals surface area contributed by atoms with E-state index < -0.39 is 0 Å². The summed E-state index contributed by atoms with van der Waals surface area (Å²) in [4.78, 5) is 4.21. The first-order valence-electron chi connectivity index (χ1n) is 6.66. The zero-order valence-corrected chi connectivity index (χ0v) is 11.6. The zero-order chi connectivity index (χ0) is 14.2. The fourth-order valence-corrected chi connectivity index (χ4v) is 2.37. The van der Waals surface area contributed by atoms with Crippen LogP contribution < -0.4 is 4.74 Å². The number of nitrogens with zero attached hydrogens (tertiary/aromatic N) is 1. The molecule has 0 aliphatic carbocycles. The maximum atomic E-state index is 9.39. The number of hydrogen-bond acceptors (Lipinski definition) is 3. The molecule has 0 fully saturated rings. The first kappa shape index (κ1) is 12.9. The molecule has 0 radical (unpaired) electrons. The lowest BCUT2D eigenvalue weighted by molar-refractivity contribution is 0.159. The van der Waals surface area contributed by atoms with Gasteiger partial charge in [-0.05, 0) is 43.7 Å². The third-order valence-corrected chi connectivity index (χ3v) is 3.40. The van der Waals surface area contributed by atoms with Crippen molar-refractivity contribution in [2.75, 3.05) is 0 Å². The summed E-state index contributed by atoms with van der Waals surface area (Å²) in [5.41, 5.74) is 3.46. The van der Waals surface area contributed by atoms with Crippen LogP contribution in [0.15, 0.2) is 42.6 Å². The molecule has 1 aliphatic heterocycles. The van der Waals surface area contributed by atoms with Gasteiger partial charge in [0.1, 0.15) is 11.4 Å². The summed E-state index contributed by atoms with van der Waals surface area (Å²) in [6.07, 6.45) is 5.83. The molecule has 0 bridgehead atoms. The van der Waals surface area contributed by atoms with Gasteiger partial charge in [0.2, 0.25) is 0 Å². The van der Waals surface area contributed by atoms with Gasteiger partial charge in [-0.25, -0.2) is 0 Å². The highest BCUT2D eigenvalue weighted by molar-refractivity contribution is 5.72. The third kappa shape index (κ3) is 2.32. The molecule has 0 unspecified atom stereocenters. The molecule has 1 N–H and O–H groups in total. The Balaban J connectivity index is 2.06. The molecule has 3 rings (SSSR count). The van der Waals surface area contributed by atoms with E-state index in [-0.39, 0.29) is 12.2 Å². The monoisotopic (exact) mass is 267 g/mol. The minimum Gasteiger partial charge on any atom is -0.483 e. The molecule has 3 heteroatoms. The van der Waals surface area contributed by atoms with Crippen molar-refractivity contribution in [1.82, 2.24) is 4.98 Å². The van der Waals surface area contributed by atoms with E-state index in [1.807, 2.05) is 38.1 Å². The van der Waals surface area contributed by atoms with Gasteiger partial charge in [0.15, 0.2) is 0 Å². The second kappa shape index (κ2) is 4.76. The van der Waals surface area contributed by atoms with Crippen LogP contribution in [-0.2, 0) is 6.61 Å². The van der Waals surface area contributed by atoms with Gasteiger partial charge in [0, 0.05) is 17.3 Å². The minimum atomic E-state index is -0.265. The highest BCUT2D eigenvalue weighted by atomic mass is 16.5. The largest absolute Gasteiger partial charge is 0.483 e. The second-order valence-electron chi connectivity index (χ2n) is 5.45. The predicted molar refractivity (Wildman–Crippen MR) is 79.3 cm³/mol. The molecule has 1 aliphatic rings. The van der Waals surface area contributed by atoms with Crippen molar-refractivity contribution in [2.24, 2.45) is 0 Å². The topological polar surface area (TPSA) is 42.4 Å². The van der Waals surface area contributed by atoms with Crippen molar-refractivity contribution in [3.63, 3.8) is 0 Å². The Morgan fingerprint density at radius 1 is 1.25 bits per heavy atom. The van der Waals surface area contributed by atoms with Crippen molar-refractivity contribution in [1.29, 1.82) is 0 Å². The average molecular weight is 267 g/mol. The van der Waals surface area contributed by atoms with E-state index in [9.17, 15) is 5.11 Å². The standard InChI is InChI=1S/C17H17NO2/c1-17(2)8-7-13-10-12(5-6-16(13)20-17)14-4-3-9-18-15(14)11-19/h3-10,19H,11H2,1-2H3. The van der Waals surface area contributed by atoms with E-state index in [4.69, 9.17) is 4.74 Å². The first-order valence-corrected chi connectivity index (χ1v) is 6.66. The van der Waals surface area contributed by atoms with Gasteiger partial charge in [-0.2, -0.15) is 0 Å². The molecule has 2 aromatic rings. The van der Waals surface area contributed by atoms with Crippen molar-refractivity contribution in [3.8, 4) is 16.9 Å². The smallest absolute Gasteiger partial charge is 0.127 e. The van der Waals surface area contributed by atoms with Gasteiger partial charge in [-0.15, -0.1) is 0 Å². The molecule has 0 spiro atoms. The van der Waals surface area contributed by atoms with Crippen LogP contribution in [0.25, 0.3) is 17.2 Å². The maximum Gasteiger partial charge on any atom is 0.127 e. The minimum absolute atomic E-state index is 0.0629. The molecule has 0 amide bonds. The molecule has 0 atom stereocenters. The van der Waals surface area contributed by atoms with Crippen molar-refractivity contribution in [3.05, 3.63) is 53.9 Å². The van der Waals surface area contributed by atoms with Crippen LogP contribution in [0.4, 0.5) is 0 Å². The van der Waals surface area contributed by atoms with Crippen LogP contribution >= 0.6 is 0 Å². The predicted octanol–water partition coefficient (Wildman–Crippen LogP) is 3.43. The summed E-state index contributed by atoms with van der Waals surface area (Å²) in [6, 6.07) is 9.90. The molecular formula is C17H17NO2. The Hall–Kier alpha value is -2.13. The number of benzene rings is 1. The lowest BCUT2D eigenvalue weighted by atomic mass is 9.97. The molecule has 1 aromatic carbocycles. The summed E-state index contributed by atoms with van der Waals surface area (Å²) in [7, 11) is 0. The molecule has 1 aromatic heterocycles. The van der Waals surface area contributed by atoms with Crippen LogP contribution in [0.5, 0.6) is 5.75 Å². The summed E-state index contributed by atoms with van der Waals surface area (Å²) in [6.45, 7) is 4.00. The SMILES string of the molecule is CC1(C)C=Cc2cc(-c3cccnc3CO)ccc2O1. The highest BCUT2D eigenvalue weighted by Gasteiger charge is 2.21. The fourth-order valence-electron chi connectivity index (χ4n) is 2.37. The summed E-state index contributed by atoms with van der Waals surface area (Å²) in [5.74, 6) is 0.885. The van der Waals surface area contributed by atoms with E-state index in [1.165, 1.54) is 0 Å². The van der Waals surface area contributed by atoms with Crippen molar-refractivity contribution >= 4 is 6.08 Å². The maximum absolute atomic E-state index is 9.39. The number of rotatable bonds is 2. The van der Waals surface area contributed by atoms with Crippen molar-refractivity contribution < 1.29 is 9.84 Å². The van der Waals surface area contributed by atoms with Crippen LogP contribution in [0.3, 0.4) is 0 Å². The van der Waals surface area contributed by atoms with E-state index in [1.54, 1.807) is 6.20 Å². The van der Waals surface area contributed by atoms with Crippen LogP contribution in [0, 0.1) is 0 Å². The number of ether oxygens (including phenoxy) is 1. The Morgan fingerprint density at radius 2 is 2.10 bits per heavy atom. The normalized spacial score (nSPS) is 15.6. The van der Waals surface area contributed by atoms with E-state index in [2.05, 4.69) is 23.2 Å². The number of aromatic nitrogens is 1. The lowest BCUT2D eigenvalue weighted by Gasteiger charge is -2.28. The van der Waals surface area contributed by atoms with Gasteiger partial charge < -0.3 is 9.84 Å². The number of hydrogen-bond donors (Lipinski definition) is 1. The van der Waals surface area contributed by atoms with Gasteiger partial charge in [0.25, 0.3) is 0 Å². The Bertz CT molecular complexity index is 674. The quantitative estimate of drug-likeness (QED) is 0.906. The van der Waals surface area contributed by atoms with Gasteiger partial charge >= 0.3 is 0 Å². The van der Waals surface area contributed by atoms with E-state index >= 15 is 0 Å². The molecule has 0 saturated heterocycles. The number of aliphatic hydroxyl groups excluding tert-OH is 1. The summed E-state index contributed by atoms with van der Waals surface area (Å²) >= 11 is 0. The fraction of sp³-hybridized carbons (Fsp3) is 0.235. The highest BCUT2D eigenvalue weighted by Crippen LogP contribution is 2.34. The Morgan fingerprint density at radius 3 is 2.90 bits per heavy atom. The molecular weight excluding hydrogens is 250 g/mol. The molecule has 102 valence electrons. The Labute approximate surface area is 118 Å². The number of aliphatic hydroxyl groups is 1. The number of pyridine rings is 1. The summed E-state index contributed by atoms with van der Waals surface area (Å²) < 4.78 is 5.91. The second-order valence-corrected chi connectivity index (χ2v) is 5.45. The zero-order valence-electron chi connectivity index (χ0n) is 11.6. The molecule has 0 saturated carbocycles. The first-order chi connectivity index (χ1) is 9.59. The van der Waals surface area contributed by atoms with Crippen molar-refractivity contribution in [2.45, 2.75) is 26.1 Å². The Kier molecular flexibility index (Phi) is 3.07. The van der Waals surface area contributed by atoms with Crippen LogP contribution in [0.1, 0.15) is 25.1 Å². The van der Waals surface area contributed by atoms with Gasteiger partial charge in [-0.3, -0.25) is 4.98 Å². The molecule has 20 heavy (non-hydrogen) atoms. The van der Waals surface area contributed by atoms with Gasteiger partial charge in [0.05, 0.1) is 12.3 Å². The van der Waals surface area contributed by atoms with E-state index in [0.29, 0.717) is 5.69 Å². The number of fused-ring (bicyclic) bond motifs is 1.